The fraction of sp³-hybridized carbons (Fsp3) is 0.440. The van der Waals surface area contributed by atoms with Crippen molar-refractivity contribution in [2.24, 2.45) is 0 Å². The van der Waals surface area contributed by atoms with E-state index in [9.17, 15) is 8.78 Å². The number of nitrogens with zero attached hydrogens (tertiary/aromatic N) is 1. The van der Waals surface area contributed by atoms with Gasteiger partial charge in [0.1, 0.15) is 11.7 Å². The lowest BCUT2D eigenvalue weighted by atomic mass is 10.1. The number of piperidine rings is 1. The second kappa shape index (κ2) is 24.4. The van der Waals surface area contributed by atoms with Crippen molar-refractivity contribution in [1.29, 1.82) is 0 Å². The molecule has 0 radical (unpaired) electrons. The molecule has 0 atom stereocenters. The molecule has 1 rings (SSSR count). The molecule has 0 aromatic carbocycles. The Hall–Kier alpha value is -1.89. The van der Waals surface area contributed by atoms with Crippen molar-refractivity contribution >= 4 is 11.8 Å². The number of nitrogens with one attached hydrogen (secondary N) is 2. The van der Waals surface area contributed by atoms with Crippen LogP contribution in [0.3, 0.4) is 0 Å². The van der Waals surface area contributed by atoms with Crippen LogP contribution in [0.25, 0.3) is 0 Å². The molecule has 1 heterocycles. The molecule has 3 nitrogen and oxygen atoms in total. The van der Waals surface area contributed by atoms with Gasteiger partial charge < -0.3 is 15.5 Å². The lowest BCUT2D eigenvalue weighted by Crippen LogP contribution is -2.43. The number of halogens is 2. The van der Waals surface area contributed by atoms with Gasteiger partial charge in [0.15, 0.2) is 0 Å². The van der Waals surface area contributed by atoms with Gasteiger partial charge in [0.05, 0.1) is 0 Å². The zero-order chi connectivity index (χ0) is 24.7. The zero-order valence-corrected chi connectivity index (χ0v) is 20.8. The normalized spacial score (nSPS) is 13.9. The summed E-state index contributed by atoms with van der Waals surface area (Å²) in [6.07, 6.45) is 8.36. The summed E-state index contributed by atoms with van der Waals surface area (Å²) in [5.41, 5.74) is 1.16. The van der Waals surface area contributed by atoms with E-state index in [1.54, 1.807) is 13.0 Å². The molecule has 1 aliphatic rings. The summed E-state index contributed by atoms with van der Waals surface area (Å²) in [4.78, 5) is 3.06. The SMILES string of the molecule is C=C.C=C(CNC)N1CCC(NCSC(=C\C)/C(F)=C\C)CC1.C=CC.C=CC(=C)F. The number of allylic oxidation sites excluding steroid dienone is 6. The maximum Gasteiger partial charge on any atom is 0.132 e. The minimum atomic E-state index is -0.481. The maximum atomic E-state index is 13.5. The average molecular weight is 456 g/mol. The van der Waals surface area contributed by atoms with Gasteiger partial charge in [-0.2, -0.15) is 0 Å². The highest BCUT2D eigenvalue weighted by Gasteiger charge is 2.19. The molecule has 0 aliphatic carbocycles. The van der Waals surface area contributed by atoms with Gasteiger partial charge in [0.25, 0.3) is 0 Å². The quantitative estimate of drug-likeness (QED) is 0.225. The van der Waals surface area contributed by atoms with E-state index in [4.69, 9.17) is 0 Å². The van der Waals surface area contributed by atoms with Crippen LogP contribution in [0, 0.1) is 0 Å². The Morgan fingerprint density at radius 3 is 1.90 bits per heavy atom. The monoisotopic (exact) mass is 455 g/mol. The molecule has 178 valence electrons. The van der Waals surface area contributed by atoms with Crippen molar-refractivity contribution in [2.45, 2.75) is 39.7 Å². The fourth-order valence-electron chi connectivity index (χ4n) is 2.39. The fourth-order valence-corrected chi connectivity index (χ4v) is 3.28. The highest BCUT2D eigenvalue weighted by molar-refractivity contribution is 8.03. The second-order valence-electron chi connectivity index (χ2n) is 6.20. The van der Waals surface area contributed by atoms with Crippen LogP contribution in [-0.4, -0.2) is 43.5 Å². The van der Waals surface area contributed by atoms with E-state index < -0.39 is 5.83 Å². The van der Waals surface area contributed by atoms with E-state index in [-0.39, 0.29) is 5.83 Å². The highest BCUT2D eigenvalue weighted by atomic mass is 32.2. The van der Waals surface area contributed by atoms with E-state index in [2.05, 4.69) is 55.0 Å². The predicted molar refractivity (Wildman–Crippen MR) is 139 cm³/mol. The van der Waals surface area contributed by atoms with Crippen LogP contribution >= 0.6 is 11.8 Å². The molecule has 0 amide bonds. The number of rotatable bonds is 9. The van der Waals surface area contributed by atoms with Crippen LogP contribution in [0.5, 0.6) is 0 Å². The van der Waals surface area contributed by atoms with Gasteiger partial charge in [-0.3, -0.25) is 0 Å². The Kier molecular flexibility index (Phi) is 26.5. The Labute approximate surface area is 194 Å². The first-order chi connectivity index (χ1) is 14.8. The van der Waals surface area contributed by atoms with Crippen molar-refractivity contribution < 1.29 is 8.78 Å². The zero-order valence-electron chi connectivity index (χ0n) is 20.0. The van der Waals surface area contributed by atoms with E-state index in [0.29, 0.717) is 10.9 Å². The Morgan fingerprint density at radius 1 is 1.06 bits per heavy atom. The average Bonchev–Trinajstić information content (AvgIpc) is 2.79. The standard InChI is InChI=1S/C16H28FN3S.C4H5F.C3H6.C2H4/c1-5-15(17)16(6-2)21-12-19-14-7-9-20(10-8-14)13(3)11-18-4;1-3-4(2)5;1-3-2;1-2/h5-6,14,18-19H,3,7-12H2,1-2,4H3;3H,1-2H2;3H,1H2,2H3;1-2H2/b15-5+,16-6-;;;. The lowest BCUT2D eigenvalue weighted by molar-refractivity contribution is 0.243. The summed E-state index contributed by atoms with van der Waals surface area (Å²) in [7, 11) is 1.94. The largest absolute Gasteiger partial charge is 0.374 e. The minimum Gasteiger partial charge on any atom is -0.374 e. The van der Waals surface area contributed by atoms with E-state index in [1.807, 2.05) is 27.0 Å². The summed E-state index contributed by atoms with van der Waals surface area (Å²) in [6.45, 7) is 27.9. The maximum absolute atomic E-state index is 13.5. The first kappa shape index (κ1) is 33.7. The molecule has 6 heteroatoms. The van der Waals surface area contributed by atoms with Crippen molar-refractivity contribution in [3.63, 3.8) is 0 Å². The smallest absolute Gasteiger partial charge is 0.132 e. The van der Waals surface area contributed by atoms with Crippen molar-refractivity contribution in [1.82, 2.24) is 15.5 Å². The lowest BCUT2D eigenvalue weighted by Gasteiger charge is -2.35. The van der Waals surface area contributed by atoms with Crippen LogP contribution in [0.15, 0.2) is 86.0 Å². The molecular weight excluding hydrogens is 412 g/mol. The van der Waals surface area contributed by atoms with Crippen molar-refractivity contribution in [3.8, 4) is 0 Å². The number of likely N-dealkylation sites (N-methyl/N-ethyl adjacent to an activating group) is 1. The summed E-state index contributed by atoms with van der Waals surface area (Å²) < 4.78 is 24.6. The molecule has 1 saturated heterocycles. The molecule has 0 aromatic heterocycles. The van der Waals surface area contributed by atoms with Gasteiger partial charge in [-0.1, -0.05) is 38.0 Å². The summed E-state index contributed by atoms with van der Waals surface area (Å²) >= 11 is 1.53. The molecule has 0 spiro atoms. The third-order valence-electron chi connectivity index (χ3n) is 3.90. The second-order valence-corrected chi connectivity index (χ2v) is 7.22. The number of hydrogen-bond donors (Lipinski definition) is 2. The summed E-state index contributed by atoms with van der Waals surface area (Å²) in [6, 6.07) is 0.517. The molecule has 0 bridgehead atoms. The number of likely N-dealkylation sites (tertiary alicyclic amines) is 1. The van der Waals surface area contributed by atoms with Crippen LogP contribution in [0.4, 0.5) is 8.78 Å². The van der Waals surface area contributed by atoms with Crippen molar-refractivity contribution in [2.75, 3.05) is 32.6 Å². The number of hydrogen-bond acceptors (Lipinski definition) is 4. The molecule has 0 unspecified atom stereocenters. The number of thioether (sulfide) groups is 1. The van der Waals surface area contributed by atoms with Crippen LogP contribution in [0.1, 0.15) is 33.6 Å². The first-order valence-corrected chi connectivity index (χ1v) is 11.2. The highest BCUT2D eigenvalue weighted by Crippen LogP contribution is 2.24. The van der Waals surface area contributed by atoms with Crippen molar-refractivity contribution in [3.05, 3.63) is 86.0 Å². The Balaban J connectivity index is -0.000000661. The molecule has 1 fully saturated rings. The minimum absolute atomic E-state index is 0.137. The molecule has 0 saturated carbocycles. The Morgan fingerprint density at radius 2 is 1.55 bits per heavy atom. The molecular formula is C25H43F2N3S. The van der Waals surface area contributed by atoms with Crippen LogP contribution < -0.4 is 10.6 Å². The van der Waals surface area contributed by atoms with Gasteiger partial charge in [-0.15, -0.1) is 31.5 Å². The molecule has 31 heavy (non-hydrogen) atoms. The molecule has 1 aliphatic heterocycles. The van der Waals surface area contributed by atoms with E-state index in [0.717, 1.165) is 50.1 Å². The van der Waals surface area contributed by atoms with Crippen LogP contribution in [-0.2, 0) is 0 Å². The van der Waals surface area contributed by atoms with Gasteiger partial charge in [0, 0.05) is 42.2 Å². The predicted octanol–water partition coefficient (Wildman–Crippen LogP) is 6.89. The van der Waals surface area contributed by atoms with E-state index >= 15 is 0 Å². The van der Waals surface area contributed by atoms with E-state index in [1.165, 1.54) is 17.8 Å². The summed E-state index contributed by atoms with van der Waals surface area (Å²) in [5.74, 6) is 0.135. The summed E-state index contributed by atoms with van der Waals surface area (Å²) in [5, 5.41) is 6.65. The van der Waals surface area contributed by atoms with Crippen LogP contribution in [0.2, 0.25) is 0 Å². The first-order valence-electron chi connectivity index (χ1n) is 10.3. The third kappa shape index (κ3) is 19.8. The van der Waals surface area contributed by atoms with Gasteiger partial charge in [0.2, 0.25) is 0 Å². The molecule has 2 N–H and O–H groups in total. The molecule has 0 aromatic rings. The van der Waals surface area contributed by atoms with Gasteiger partial charge in [-0.25, -0.2) is 8.78 Å². The topological polar surface area (TPSA) is 27.3 Å². The Bertz CT molecular complexity index is 563. The van der Waals surface area contributed by atoms with Gasteiger partial charge >= 0.3 is 0 Å². The van der Waals surface area contributed by atoms with Gasteiger partial charge in [-0.05, 0) is 46.7 Å². The third-order valence-corrected chi connectivity index (χ3v) is 4.95.